The SMILES string of the molecule is CC(=O)N1CCc2c(c(-c3cccc4cc(/C(C=NCC5CC6(CNC6)C5)=C/N)ncc34)nn2C2CCOCC2)C1. The predicted octanol–water partition coefficient (Wildman–Crippen LogP) is 3.72. The number of hydrogen-bond donors (Lipinski definition) is 2. The third-order valence-electron chi connectivity index (χ3n) is 9.60. The summed E-state index contributed by atoms with van der Waals surface area (Å²) in [6.07, 6.45) is 10.7. The van der Waals surface area contributed by atoms with E-state index in [1.54, 1.807) is 13.1 Å². The highest BCUT2D eigenvalue weighted by molar-refractivity contribution is 6.10. The molecule has 0 unspecified atom stereocenters. The molecule has 2 aromatic heterocycles. The van der Waals surface area contributed by atoms with E-state index in [0.29, 0.717) is 23.9 Å². The minimum atomic E-state index is 0.101. The van der Waals surface area contributed by atoms with Crippen LogP contribution >= 0.6 is 0 Å². The Hall–Kier alpha value is -3.56. The minimum Gasteiger partial charge on any atom is -0.404 e. The molecule has 3 aliphatic heterocycles. The number of aliphatic imine (C=N–C) groups is 1. The molecule has 1 aliphatic carbocycles. The number of fused-ring (bicyclic) bond motifs is 2. The first-order chi connectivity index (χ1) is 20.0. The van der Waals surface area contributed by atoms with Crippen LogP contribution < -0.4 is 11.1 Å². The van der Waals surface area contributed by atoms with E-state index >= 15 is 0 Å². The van der Waals surface area contributed by atoms with Gasteiger partial charge in [-0.25, -0.2) is 0 Å². The van der Waals surface area contributed by atoms with Gasteiger partial charge in [-0.2, -0.15) is 5.10 Å². The largest absolute Gasteiger partial charge is 0.404 e. The van der Waals surface area contributed by atoms with Gasteiger partial charge in [-0.15, -0.1) is 0 Å². The van der Waals surface area contributed by atoms with Gasteiger partial charge in [-0.1, -0.05) is 18.2 Å². The highest BCUT2D eigenvalue weighted by Crippen LogP contribution is 2.48. The minimum absolute atomic E-state index is 0.101. The number of nitrogens with one attached hydrogen (secondary N) is 1. The Morgan fingerprint density at radius 2 is 2.10 bits per heavy atom. The summed E-state index contributed by atoms with van der Waals surface area (Å²) in [6.45, 7) is 7.65. The molecule has 41 heavy (non-hydrogen) atoms. The molecule has 214 valence electrons. The molecule has 3 aromatic rings. The zero-order valence-corrected chi connectivity index (χ0v) is 23.8. The Balaban J connectivity index is 1.18. The van der Waals surface area contributed by atoms with Crippen molar-refractivity contribution in [2.24, 2.45) is 22.1 Å². The number of allylic oxidation sites excluding steroid dienone is 1. The van der Waals surface area contributed by atoms with Gasteiger partial charge in [0.25, 0.3) is 0 Å². The summed E-state index contributed by atoms with van der Waals surface area (Å²) in [5, 5.41) is 10.7. The highest BCUT2D eigenvalue weighted by Gasteiger charge is 2.47. The first-order valence-electron chi connectivity index (χ1n) is 15.0. The topological polar surface area (TPSA) is 111 Å². The van der Waals surface area contributed by atoms with Crippen LogP contribution in [0.4, 0.5) is 0 Å². The number of amides is 1. The Labute approximate surface area is 240 Å². The third-order valence-corrected chi connectivity index (χ3v) is 9.60. The number of carbonyl (C=O) groups is 1. The second kappa shape index (κ2) is 10.7. The lowest BCUT2D eigenvalue weighted by Crippen LogP contribution is -2.60. The Kier molecular flexibility index (Phi) is 6.87. The van der Waals surface area contributed by atoms with E-state index in [1.165, 1.54) is 18.5 Å². The van der Waals surface area contributed by atoms with E-state index < -0.39 is 0 Å². The first kappa shape index (κ1) is 26.3. The van der Waals surface area contributed by atoms with Crippen molar-refractivity contribution in [3.05, 3.63) is 53.6 Å². The Morgan fingerprint density at radius 1 is 1.27 bits per heavy atom. The molecule has 9 heteroatoms. The van der Waals surface area contributed by atoms with E-state index in [-0.39, 0.29) is 5.91 Å². The van der Waals surface area contributed by atoms with Crippen LogP contribution in [0.1, 0.15) is 55.6 Å². The number of nitrogens with zero attached hydrogens (tertiary/aromatic N) is 5. The second-order valence-electron chi connectivity index (χ2n) is 12.3. The van der Waals surface area contributed by atoms with E-state index in [9.17, 15) is 4.79 Å². The average Bonchev–Trinajstić information content (AvgIpc) is 3.34. The number of pyridine rings is 1. The quantitative estimate of drug-likeness (QED) is 0.450. The lowest BCUT2D eigenvalue weighted by Gasteiger charge is -2.54. The van der Waals surface area contributed by atoms with Gasteiger partial charge in [-0.05, 0) is 48.5 Å². The number of aromatic nitrogens is 3. The van der Waals surface area contributed by atoms with Crippen LogP contribution in [0.15, 0.2) is 41.7 Å². The molecule has 5 heterocycles. The molecule has 1 spiro atoms. The van der Waals surface area contributed by atoms with Crippen LogP contribution in [0.5, 0.6) is 0 Å². The van der Waals surface area contributed by atoms with E-state index in [1.807, 2.05) is 17.3 Å². The van der Waals surface area contributed by atoms with E-state index in [2.05, 4.69) is 34.3 Å². The van der Waals surface area contributed by atoms with Gasteiger partial charge in [-0.3, -0.25) is 19.5 Å². The third kappa shape index (κ3) is 4.85. The van der Waals surface area contributed by atoms with Gasteiger partial charge in [0.1, 0.15) is 0 Å². The van der Waals surface area contributed by atoms with E-state index in [0.717, 1.165) is 97.5 Å². The molecule has 4 aliphatic rings. The predicted molar refractivity (Wildman–Crippen MR) is 160 cm³/mol. The molecule has 0 atom stereocenters. The standard InChI is InChI=1S/C32H39N7O2/c1-21(40)38-8-5-30-28(18-38)31(37-39(30)25-6-9-41-10-7-25)26-4-2-3-23-11-29(36-17-27(23)26)24(14-33)16-34-15-22-12-32(13-22)19-35-20-32/h2-4,11,14,16-17,22,25,35H,5-10,12-13,15,18-20,33H2,1H3/b24-14+,34-16?. The zero-order chi connectivity index (χ0) is 28.0. The molecule has 3 N–H and O–H groups in total. The number of ether oxygens (including phenoxy) is 1. The molecular weight excluding hydrogens is 514 g/mol. The van der Waals surface area contributed by atoms with Crippen molar-refractivity contribution in [2.45, 2.75) is 51.6 Å². The van der Waals surface area contributed by atoms with Crippen molar-refractivity contribution in [1.29, 1.82) is 0 Å². The number of hydrogen-bond acceptors (Lipinski definition) is 7. The van der Waals surface area contributed by atoms with Crippen LogP contribution in [-0.4, -0.2) is 71.2 Å². The van der Waals surface area contributed by atoms with Gasteiger partial charge in [0, 0.05) is 106 Å². The van der Waals surface area contributed by atoms with Crippen LogP contribution in [0.2, 0.25) is 0 Å². The monoisotopic (exact) mass is 553 g/mol. The molecule has 0 bridgehead atoms. The Bertz CT molecular complexity index is 1520. The molecule has 9 nitrogen and oxygen atoms in total. The number of nitrogens with two attached hydrogens (primary N) is 1. The molecular formula is C32H39N7O2. The average molecular weight is 554 g/mol. The highest BCUT2D eigenvalue weighted by atomic mass is 16.5. The van der Waals surface area contributed by atoms with E-state index in [4.69, 9.17) is 25.5 Å². The summed E-state index contributed by atoms with van der Waals surface area (Å²) in [5.41, 5.74) is 12.6. The molecule has 2 saturated heterocycles. The van der Waals surface area contributed by atoms with Crippen molar-refractivity contribution in [3.63, 3.8) is 0 Å². The maximum absolute atomic E-state index is 12.3. The summed E-state index contributed by atoms with van der Waals surface area (Å²) < 4.78 is 7.87. The summed E-state index contributed by atoms with van der Waals surface area (Å²) in [4.78, 5) is 23.8. The normalized spacial score (nSPS) is 21.3. The van der Waals surface area contributed by atoms with Crippen molar-refractivity contribution >= 4 is 28.5 Å². The van der Waals surface area contributed by atoms with Gasteiger partial charge < -0.3 is 20.7 Å². The van der Waals surface area contributed by atoms with Gasteiger partial charge >= 0.3 is 0 Å². The number of carbonyl (C=O) groups excluding carboxylic acids is 1. The van der Waals surface area contributed by atoms with Crippen LogP contribution in [0, 0.1) is 11.3 Å². The zero-order valence-electron chi connectivity index (χ0n) is 23.8. The summed E-state index contributed by atoms with van der Waals surface area (Å²) in [6, 6.07) is 8.72. The van der Waals surface area contributed by atoms with Crippen LogP contribution in [0.3, 0.4) is 0 Å². The van der Waals surface area contributed by atoms with Gasteiger partial charge in [0.15, 0.2) is 0 Å². The molecule has 1 amide bonds. The fourth-order valence-electron chi connectivity index (χ4n) is 7.25. The van der Waals surface area contributed by atoms with Crippen LogP contribution in [0.25, 0.3) is 27.6 Å². The molecule has 3 fully saturated rings. The molecule has 1 aromatic carbocycles. The summed E-state index contributed by atoms with van der Waals surface area (Å²) in [7, 11) is 0. The molecule has 0 radical (unpaired) electrons. The maximum atomic E-state index is 12.3. The summed E-state index contributed by atoms with van der Waals surface area (Å²) >= 11 is 0. The second-order valence-corrected chi connectivity index (χ2v) is 12.3. The summed E-state index contributed by atoms with van der Waals surface area (Å²) in [5.74, 6) is 0.773. The Morgan fingerprint density at radius 3 is 2.83 bits per heavy atom. The van der Waals surface area contributed by atoms with Crippen molar-refractivity contribution < 1.29 is 9.53 Å². The van der Waals surface area contributed by atoms with Crippen molar-refractivity contribution in [3.8, 4) is 11.3 Å². The number of benzene rings is 1. The molecule has 7 rings (SSSR count). The molecule has 1 saturated carbocycles. The lowest BCUT2D eigenvalue weighted by atomic mass is 9.58. The van der Waals surface area contributed by atoms with Crippen molar-refractivity contribution in [2.75, 3.05) is 39.4 Å². The fraction of sp³-hybridized carbons (Fsp3) is 0.500. The fourth-order valence-corrected chi connectivity index (χ4v) is 7.25. The maximum Gasteiger partial charge on any atom is 0.219 e. The first-order valence-corrected chi connectivity index (χ1v) is 15.0. The van der Waals surface area contributed by atoms with Gasteiger partial charge in [0.05, 0.1) is 17.4 Å². The van der Waals surface area contributed by atoms with Crippen LogP contribution in [-0.2, 0) is 22.5 Å². The van der Waals surface area contributed by atoms with Crippen molar-refractivity contribution in [1.82, 2.24) is 25.0 Å². The lowest BCUT2D eigenvalue weighted by molar-refractivity contribution is -0.129. The van der Waals surface area contributed by atoms with Gasteiger partial charge in [0.2, 0.25) is 5.91 Å². The number of rotatable bonds is 6. The smallest absolute Gasteiger partial charge is 0.219 e.